The minimum absolute atomic E-state index is 0.0526. The van der Waals surface area contributed by atoms with Crippen molar-refractivity contribution in [1.29, 1.82) is 0 Å². The number of amides is 1. The molecule has 0 spiro atoms. The summed E-state index contributed by atoms with van der Waals surface area (Å²) in [6.07, 6.45) is 3.61. The molecule has 0 aliphatic carbocycles. The standard InChI is InChI=1S/C16H21NO5/c1-17(10-4-5-16(19)20)15(18)9-7-12-6-8-13(21-2)14(11-12)22-3/h6-9,11H,4-5,10H2,1-3H3,(H,19,20)/b9-7+. The first-order valence-corrected chi connectivity index (χ1v) is 6.85. The van der Waals surface area contributed by atoms with E-state index in [2.05, 4.69) is 0 Å². The Morgan fingerprint density at radius 2 is 1.91 bits per heavy atom. The molecule has 22 heavy (non-hydrogen) atoms. The number of benzene rings is 1. The summed E-state index contributed by atoms with van der Waals surface area (Å²) in [5, 5.41) is 8.57. The second-order valence-corrected chi connectivity index (χ2v) is 4.70. The van der Waals surface area contributed by atoms with Crippen molar-refractivity contribution >= 4 is 18.0 Å². The number of hydrogen-bond donors (Lipinski definition) is 1. The van der Waals surface area contributed by atoms with Crippen LogP contribution in [0, 0.1) is 0 Å². The lowest BCUT2D eigenvalue weighted by Crippen LogP contribution is -2.26. The first-order chi connectivity index (χ1) is 10.5. The van der Waals surface area contributed by atoms with Crippen molar-refractivity contribution in [1.82, 2.24) is 4.90 Å². The lowest BCUT2D eigenvalue weighted by molar-refractivity contribution is -0.137. The normalized spacial score (nSPS) is 10.5. The van der Waals surface area contributed by atoms with Crippen molar-refractivity contribution in [2.45, 2.75) is 12.8 Å². The topological polar surface area (TPSA) is 76.1 Å². The molecule has 0 aromatic heterocycles. The van der Waals surface area contributed by atoms with Crippen molar-refractivity contribution < 1.29 is 24.2 Å². The molecule has 1 N–H and O–H groups in total. The highest BCUT2D eigenvalue weighted by Gasteiger charge is 2.07. The molecule has 1 rings (SSSR count). The molecule has 0 heterocycles. The maximum Gasteiger partial charge on any atom is 0.303 e. The van der Waals surface area contributed by atoms with E-state index in [0.717, 1.165) is 5.56 Å². The average Bonchev–Trinajstić information content (AvgIpc) is 2.51. The van der Waals surface area contributed by atoms with Gasteiger partial charge in [-0.25, -0.2) is 0 Å². The SMILES string of the molecule is COc1ccc(/C=C/C(=O)N(C)CCCC(=O)O)cc1OC. The number of aliphatic carboxylic acids is 1. The van der Waals surface area contributed by atoms with Crippen LogP contribution in [0.1, 0.15) is 18.4 Å². The molecule has 6 nitrogen and oxygen atoms in total. The molecule has 0 fully saturated rings. The average molecular weight is 307 g/mol. The predicted octanol–water partition coefficient (Wildman–Crippen LogP) is 2.04. The lowest BCUT2D eigenvalue weighted by Gasteiger charge is -2.14. The minimum Gasteiger partial charge on any atom is -0.493 e. The second-order valence-electron chi connectivity index (χ2n) is 4.70. The number of rotatable bonds is 8. The maximum absolute atomic E-state index is 11.9. The molecule has 0 atom stereocenters. The quantitative estimate of drug-likeness (QED) is 0.744. The molecule has 6 heteroatoms. The second kappa shape index (κ2) is 8.71. The van der Waals surface area contributed by atoms with Crippen molar-refractivity contribution in [3.8, 4) is 11.5 Å². The fourth-order valence-electron chi connectivity index (χ4n) is 1.83. The molecule has 1 aromatic carbocycles. The number of carboxylic acids is 1. The number of carbonyl (C=O) groups excluding carboxylic acids is 1. The van der Waals surface area contributed by atoms with Crippen LogP contribution in [0.15, 0.2) is 24.3 Å². The van der Waals surface area contributed by atoms with Gasteiger partial charge in [0.15, 0.2) is 11.5 Å². The van der Waals surface area contributed by atoms with Crippen LogP contribution in [0.4, 0.5) is 0 Å². The van der Waals surface area contributed by atoms with E-state index >= 15 is 0 Å². The number of likely N-dealkylation sites (N-methyl/N-ethyl adjacent to an activating group) is 1. The number of carbonyl (C=O) groups is 2. The van der Waals surface area contributed by atoms with Gasteiger partial charge in [0.05, 0.1) is 14.2 Å². The molecule has 1 aromatic rings. The third-order valence-electron chi connectivity index (χ3n) is 3.09. The van der Waals surface area contributed by atoms with Crippen LogP contribution in [0.25, 0.3) is 6.08 Å². The first-order valence-electron chi connectivity index (χ1n) is 6.85. The van der Waals surface area contributed by atoms with Crippen LogP contribution in [0.5, 0.6) is 11.5 Å². The van der Waals surface area contributed by atoms with Crippen molar-refractivity contribution in [2.24, 2.45) is 0 Å². The summed E-state index contributed by atoms with van der Waals surface area (Å²) in [6.45, 7) is 0.404. The summed E-state index contributed by atoms with van der Waals surface area (Å²) in [5.41, 5.74) is 0.810. The van der Waals surface area contributed by atoms with E-state index in [9.17, 15) is 9.59 Å². The summed E-state index contributed by atoms with van der Waals surface area (Å²) in [5.74, 6) is 0.172. The Morgan fingerprint density at radius 3 is 2.50 bits per heavy atom. The summed E-state index contributed by atoms with van der Waals surface area (Å²) in [7, 11) is 4.75. The Labute approximate surface area is 129 Å². The smallest absolute Gasteiger partial charge is 0.303 e. The van der Waals surface area contributed by atoms with Crippen molar-refractivity contribution in [3.05, 3.63) is 29.8 Å². The summed E-state index contributed by atoms with van der Waals surface area (Å²) in [6, 6.07) is 5.35. The summed E-state index contributed by atoms with van der Waals surface area (Å²) >= 11 is 0. The molecular formula is C16H21NO5. The maximum atomic E-state index is 11.9. The number of ether oxygens (including phenoxy) is 2. The fourth-order valence-corrected chi connectivity index (χ4v) is 1.83. The largest absolute Gasteiger partial charge is 0.493 e. The van der Waals surface area contributed by atoms with Gasteiger partial charge in [-0.15, -0.1) is 0 Å². The zero-order chi connectivity index (χ0) is 16.5. The van der Waals surface area contributed by atoms with Crippen molar-refractivity contribution in [2.75, 3.05) is 27.8 Å². The minimum atomic E-state index is -0.860. The number of hydrogen-bond acceptors (Lipinski definition) is 4. The predicted molar refractivity (Wildman–Crippen MR) is 83.1 cm³/mol. The van der Waals surface area contributed by atoms with E-state index in [1.165, 1.54) is 11.0 Å². The van der Waals surface area contributed by atoms with Gasteiger partial charge in [0, 0.05) is 26.1 Å². The zero-order valence-corrected chi connectivity index (χ0v) is 13.0. The highest BCUT2D eigenvalue weighted by molar-refractivity contribution is 5.91. The van der Waals surface area contributed by atoms with Crippen LogP contribution < -0.4 is 9.47 Å². The molecular weight excluding hydrogens is 286 g/mol. The van der Waals surface area contributed by atoms with Gasteiger partial charge in [0.1, 0.15) is 0 Å². The number of nitrogens with zero attached hydrogens (tertiary/aromatic N) is 1. The fraction of sp³-hybridized carbons (Fsp3) is 0.375. The number of carboxylic acid groups (broad SMARTS) is 1. The van der Waals surface area contributed by atoms with E-state index in [1.54, 1.807) is 39.5 Å². The monoisotopic (exact) mass is 307 g/mol. The molecule has 120 valence electrons. The van der Waals surface area contributed by atoms with Crippen LogP contribution in [0.2, 0.25) is 0 Å². The zero-order valence-electron chi connectivity index (χ0n) is 13.0. The van der Waals surface area contributed by atoms with Gasteiger partial charge in [-0.1, -0.05) is 6.07 Å². The summed E-state index contributed by atoms with van der Waals surface area (Å²) < 4.78 is 10.3. The molecule has 0 aliphatic heterocycles. The Morgan fingerprint density at radius 1 is 1.23 bits per heavy atom. The molecule has 0 saturated heterocycles. The van der Waals surface area contributed by atoms with Gasteiger partial charge in [-0.2, -0.15) is 0 Å². The van der Waals surface area contributed by atoms with Gasteiger partial charge in [-0.3, -0.25) is 9.59 Å². The Balaban J connectivity index is 2.63. The third-order valence-corrected chi connectivity index (χ3v) is 3.09. The van der Waals surface area contributed by atoms with E-state index in [-0.39, 0.29) is 12.3 Å². The number of methoxy groups -OCH3 is 2. The molecule has 0 bridgehead atoms. The third kappa shape index (κ3) is 5.47. The van der Waals surface area contributed by atoms with Gasteiger partial charge < -0.3 is 19.5 Å². The molecule has 0 unspecified atom stereocenters. The van der Waals surface area contributed by atoms with E-state index in [4.69, 9.17) is 14.6 Å². The van der Waals surface area contributed by atoms with Crippen LogP contribution in [-0.2, 0) is 9.59 Å². The highest BCUT2D eigenvalue weighted by atomic mass is 16.5. The van der Waals surface area contributed by atoms with Crippen LogP contribution >= 0.6 is 0 Å². The summed E-state index contributed by atoms with van der Waals surface area (Å²) in [4.78, 5) is 23.8. The first kappa shape index (κ1) is 17.6. The van der Waals surface area contributed by atoms with E-state index in [1.807, 2.05) is 6.07 Å². The Hall–Kier alpha value is -2.50. The van der Waals surface area contributed by atoms with Gasteiger partial charge >= 0.3 is 5.97 Å². The van der Waals surface area contributed by atoms with E-state index in [0.29, 0.717) is 24.5 Å². The highest BCUT2D eigenvalue weighted by Crippen LogP contribution is 2.27. The Bertz CT molecular complexity index is 553. The molecule has 0 radical (unpaired) electrons. The molecule has 1 amide bonds. The van der Waals surface area contributed by atoms with E-state index < -0.39 is 5.97 Å². The van der Waals surface area contributed by atoms with Gasteiger partial charge in [0.2, 0.25) is 5.91 Å². The van der Waals surface area contributed by atoms with Gasteiger partial charge in [-0.05, 0) is 30.2 Å². The Kier molecular flexibility index (Phi) is 6.95. The van der Waals surface area contributed by atoms with Crippen molar-refractivity contribution in [3.63, 3.8) is 0 Å². The van der Waals surface area contributed by atoms with Gasteiger partial charge in [0.25, 0.3) is 0 Å². The van der Waals surface area contributed by atoms with Crippen LogP contribution in [-0.4, -0.2) is 49.7 Å². The molecule has 0 aliphatic rings. The lowest BCUT2D eigenvalue weighted by atomic mass is 10.2. The molecule has 0 saturated carbocycles. The van der Waals surface area contributed by atoms with Crippen LogP contribution in [0.3, 0.4) is 0 Å².